The van der Waals surface area contributed by atoms with E-state index in [2.05, 4.69) is 20.9 Å². The van der Waals surface area contributed by atoms with Gasteiger partial charge in [0.2, 0.25) is 0 Å². The third-order valence-electron chi connectivity index (χ3n) is 6.36. The van der Waals surface area contributed by atoms with Gasteiger partial charge in [0.25, 0.3) is 5.92 Å². The number of piperazine rings is 1. The third-order valence-corrected chi connectivity index (χ3v) is 6.36. The second kappa shape index (κ2) is 7.32. The molecule has 0 bridgehead atoms. The molecular formula is C22H25F2N5O2. The van der Waals surface area contributed by atoms with Crippen molar-refractivity contribution >= 4 is 23.4 Å². The molecule has 7 nitrogen and oxygen atoms in total. The number of alkyl halides is 2. The standard InChI is InChI=1S/C22H25F2N5O2/c1-14-26-19(13-27(14)2)15-9-17-18(10-15)25-4-3-20(17)28-5-7-29(8-6-28)21(30)31-16-11-22(23,24)12-16/h3-4,9,13,16H,5-8,10-12H2,1-2H3. The van der Waals surface area contributed by atoms with Crippen LogP contribution in [0.2, 0.25) is 0 Å². The Kier molecular flexibility index (Phi) is 4.71. The number of aromatic nitrogens is 3. The van der Waals surface area contributed by atoms with E-state index in [1.54, 1.807) is 4.90 Å². The molecule has 0 N–H and O–H groups in total. The fraction of sp³-hybridized carbons (Fsp3) is 0.500. The molecule has 3 heterocycles. The number of fused-ring (bicyclic) bond motifs is 1. The quantitative estimate of drug-likeness (QED) is 0.749. The molecule has 9 heteroatoms. The molecule has 0 unspecified atom stereocenters. The molecule has 2 aromatic rings. The molecule has 0 aromatic carbocycles. The van der Waals surface area contributed by atoms with Crippen LogP contribution in [0.5, 0.6) is 0 Å². The number of hydrogen-bond acceptors (Lipinski definition) is 5. The molecule has 1 amide bonds. The second-order valence-corrected chi connectivity index (χ2v) is 8.57. The summed E-state index contributed by atoms with van der Waals surface area (Å²) < 4.78 is 33.1. The van der Waals surface area contributed by atoms with Crippen LogP contribution in [-0.2, 0) is 18.2 Å². The van der Waals surface area contributed by atoms with Gasteiger partial charge in [-0.25, -0.2) is 18.6 Å². The van der Waals surface area contributed by atoms with Crippen LogP contribution in [-0.4, -0.2) is 63.7 Å². The van der Waals surface area contributed by atoms with Gasteiger partial charge in [-0.3, -0.25) is 4.98 Å². The normalized spacial score (nSPS) is 20.3. The Bertz CT molecular complexity index is 1030. The van der Waals surface area contributed by atoms with E-state index in [0.717, 1.165) is 40.5 Å². The number of rotatable bonds is 3. The molecule has 2 fully saturated rings. The van der Waals surface area contributed by atoms with Gasteiger partial charge in [0.15, 0.2) is 0 Å². The zero-order chi connectivity index (χ0) is 21.8. The lowest BCUT2D eigenvalue weighted by molar-refractivity contribution is -0.147. The van der Waals surface area contributed by atoms with Crippen LogP contribution >= 0.6 is 0 Å². The zero-order valence-electron chi connectivity index (χ0n) is 17.6. The highest BCUT2D eigenvalue weighted by atomic mass is 19.3. The summed E-state index contributed by atoms with van der Waals surface area (Å²) in [5.41, 5.74) is 5.35. The third kappa shape index (κ3) is 3.77. The molecule has 2 aromatic heterocycles. The molecule has 0 spiro atoms. The molecule has 1 saturated heterocycles. The minimum absolute atomic E-state index is 0.369. The van der Waals surface area contributed by atoms with E-state index in [1.165, 1.54) is 0 Å². The van der Waals surface area contributed by atoms with Gasteiger partial charge >= 0.3 is 6.09 Å². The summed E-state index contributed by atoms with van der Waals surface area (Å²) in [4.78, 5) is 25.3. The van der Waals surface area contributed by atoms with E-state index in [9.17, 15) is 13.6 Å². The first-order valence-corrected chi connectivity index (χ1v) is 10.6. The molecule has 3 aliphatic rings. The summed E-state index contributed by atoms with van der Waals surface area (Å²) in [6, 6.07) is 2.01. The van der Waals surface area contributed by atoms with Crippen molar-refractivity contribution in [1.82, 2.24) is 19.4 Å². The van der Waals surface area contributed by atoms with E-state index in [4.69, 9.17) is 4.74 Å². The van der Waals surface area contributed by atoms with E-state index >= 15 is 0 Å². The first-order chi connectivity index (χ1) is 14.8. The average Bonchev–Trinajstić information content (AvgIpc) is 3.30. The number of hydrogen-bond donors (Lipinski definition) is 0. The summed E-state index contributed by atoms with van der Waals surface area (Å²) in [6.07, 6.45) is 4.88. The number of imidazole rings is 1. The number of amides is 1. The summed E-state index contributed by atoms with van der Waals surface area (Å²) in [7, 11) is 1.99. The predicted octanol–water partition coefficient (Wildman–Crippen LogP) is 3.28. The number of carbonyl (C=O) groups excluding carboxylic acids is 1. The Labute approximate surface area is 179 Å². The fourth-order valence-electron chi connectivity index (χ4n) is 4.40. The largest absolute Gasteiger partial charge is 0.446 e. The minimum Gasteiger partial charge on any atom is -0.446 e. The van der Waals surface area contributed by atoms with Crippen molar-refractivity contribution in [2.45, 2.75) is 38.2 Å². The van der Waals surface area contributed by atoms with Crippen molar-refractivity contribution in [2.24, 2.45) is 7.05 Å². The summed E-state index contributed by atoms with van der Waals surface area (Å²) in [6.45, 7) is 4.28. The molecule has 5 rings (SSSR count). The molecule has 2 aliphatic carbocycles. The number of allylic oxidation sites excluding steroid dienone is 1. The van der Waals surface area contributed by atoms with E-state index < -0.39 is 18.1 Å². The summed E-state index contributed by atoms with van der Waals surface area (Å²) in [5.74, 6) is -1.72. The highest BCUT2D eigenvalue weighted by Crippen LogP contribution is 2.40. The first kappa shape index (κ1) is 20.0. The van der Waals surface area contributed by atoms with Gasteiger partial charge in [-0.1, -0.05) is 0 Å². The van der Waals surface area contributed by atoms with Crippen LogP contribution in [0.1, 0.15) is 35.6 Å². The smallest absolute Gasteiger partial charge is 0.410 e. The summed E-state index contributed by atoms with van der Waals surface area (Å²) in [5, 5.41) is 0. The van der Waals surface area contributed by atoms with E-state index in [0.29, 0.717) is 26.2 Å². The minimum atomic E-state index is -2.69. The average molecular weight is 429 g/mol. The van der Waals surface area contributed by atoms with Gasteiger partial charge in [-0.05, 0) is 24.6 Å². The summed E-state index contributed by atoms with van der Waals surface area (Å²) >= 11 is 0. The maximum Gasteiger partial charge on any atom is 0.410 e. The van der Waals surface area contributed by atoms with Crippen molar-refractivity contribution < 1.29 is 18.3 Å². The van der Waals surface area contributed by atoms with Crippen molar-refractivity contribution in [2.75, 3.05) is 31.1 Å². The molecule has 164 valence electrons. The number of ether oxygens (including phenoxy) is 1. The SMILES string of the molecule is Cc1nc(C2=Cc3c(N4CCN(C(=O)OC5CC(F)(F)C5)CC4)ccnc3C2)cn1C. The monoisotopic (exact) mass is 429 g/mol. The maximum atomic E-state index is 13.0. The number of anilines is 1. The van der Waals surface area contributed by atoms with Crippen molar-refractivity contribution in [3.8, 4) is 0 Å². The highest BCUT2D eigenvalue weighted by molar-refractivity contribution is 5.91. The Morgan fingerprint density at radius 2 is 1.97 bits per heavy atom. The molecule has 0 radical (unpaired) electrons. The Morgan fingerprint density at radius 3 is 2.61 bits per heavy atom. The number of carbonyl (C=O) groups is 1. The molecule has 31 heavy (non-hydrogen) atoms. The topological polar surface area (TPSA) is 63.5 Å². The van der Waals surface area contributed by atoms with Crippen LogP contribution in [0.25, 0.3) is 11.6 Å². The van der Waals surface area contributed by atoms with Crippen molar-refractivity contribution in [1.29, 1.82) is 0 Å². The second-order valence-electron chi connectivity index (χ2n) is 8.57. The van der Waals surface area contributed by atoms with E-state index in [1.807, 2.05) is 37.0 Å². The van der Waals surface area contributed by atoms with Crippen molar-refractivity contribution in [3.05, 3.63) is 41.2 Å². The zero-order valence-corrected chi connectivity index (χ0v) is 17.6. The first-order valence-electron chi connectivity index (χ1n) is 10.6. The lowest BCUT2D eigenvalue weighted by Crippen LogP contribution is -2.51. The highest BCUT2D eigenvalue weighted by Gasteiger charge is 2.48. The Hall–Kier alpha value is -2.97. The van der Waals surface area contributed by atoms with Gasteiger partial charge in [-0.2, -0.15) is 0 Å². The van der Waals surface area contributed by atoms with Gasteiger partial charge in [0, 0.05) is 76.1 Å². The van der Waals surface area contributed by atoms with Gasteiger partial charge < -0.3 is 19.1 Å². The van der Waals surface area contributed by atoms with Crippen LogP contribution in [0.4, 0.5) is 19.3 Å². The number of aryl methyl sites for hydroxylation is 2. The lowest BCUT2D eigenvalue weighted by Gasteiger charge is -2.39. The molecule has 1 saturated carbocycles. The van der Waals surface area contributed by atoms with Crippen LogP contribution in [0.15, 0.2) is 18.5 Å². The predicted molar refractivity (Wildman–Crippen MR) is 112 cm³/mol. The number of pyridine rings is 1. The van der Waals surface area contributed by atoms with Gasteiger partial charge in [0.05, 0.1) is 11.4 Å². The van der Waals surface area contributed by atoms with Crippen LogP contribution < -0.4 is 4.90 Å². The fourth-order valence-corrected chi connectivity index (χ4v) is 4.40. The molecular weight excluding hydrogens is 404 g/mol. The van der Waals surface area contributed by atoms with Crippen molar-refractivity contribution in [3.63, 3.8) is 0 Å². The van der Waals surface area contributed by atoms with Gasteiger partial charge in [-0.15, -0.1) is 0 Å². The number of nitrogens with zero attached hydrogens (tertiary/aromatic N) is 5. The van der Waals surface area contributed by atoms with Crippen LogP contribution in [0, 0.1) is 6.92 Å². The lowest BCUT2D eigenvalue weighted by atomic mass is 9.91. The number of halogens is 2. The molecule has 0 atom stereocenters. The maximum absolute atomic E-state index is 13.0. The van der Waals surface area contributed by atoms with Gasteiger partial charge in [0.1, 0.15) is 11.9 Å². The molecule has 1 aliphatic heterocycles. The Balaban J connectivity index is 1.25. The van der Waals surface area contributed by atoms with E-state index in [-0.39, 0.29) is 12.8 Å². The Morgan fingerprint density at radius 1 is 1.23 bits per heavy atom. The van der Waals surface area contributed by atoms with Crippen LogP contribution in [0.3, 0.4) is 0 Å².